The van der Waals surface area contributed by atoms with Gasteiger partial charge in [0.05, 0.1) is 13.2 Å². The van der Waals surface area contributed by atoms with Crippen LogP contribution in [0.5, 0.6) is 5.75 Å². The average molecular weight is 273 g/mol. The zero-order valence-corrected chi connectivity index (χ0v) is 12.2. The lowest BCUT2D eigenvalue weighted by Crippen LogP contribution is -2.41. The van der Waals surface area contributed by atoms with Gasteiger partial charge >= 0.3 is 0 Å². The van der Waals surface area contributed by atoms with Crippen LogP contribution < -0.4 is 10.5 Å². The van der Waals surface area contributed by atoms with Gasteiger partial charge in [-0.2, -0.15) is 5.26 Å². The van der Waals surface area contributed by atoms with Crippen LogP contribution in [0.1, 0.15) is 37.8 Å². The molecule has 1 saturated carbocycles. The Bertz CT molecular complexity index is 460. The summed E-state index contributed by atoms with van der Waals surface area (Å²) in [7, 11) is 1.67. The fraction of sp³-hybridized carbons (Fsp3) is 0.562. The topological polar surface area (TPSA) is 62.3 Å². The van der Waals surface area contributed by atoms with E-state index in [1.807, 2.05) is 19.1 Å². The molecule has 0 aliphatic heterocycles. The molecule has 0 aromatic heterocycles. The van der Waals surface area contributed by atoms with Crippen molar-refractivity contribution in [3.63, 3.8) is 0 Å². The molecule has 20 heavy (non-hydrogen) atoms. The van der Waals surface area contributed by atoms with E-state index in [2.05, 4.69) is 23.1 Å². The van der Waals surface area contributed by atoms with Gasteiger partial charge in [-0.25, -0.2) is 0 Å². The molecule has 2 atom stereocenters. The van der Waals surface area contributed by atoms with E-state index < -0.39 is 0 Å². The van der Waals surface area contributed by atoms with Crippen molar-refractivity contribution >= 4 is 0 Å². The molecule has 0 spiro atoms. The van der Waals surface area contributed by atoms with E-state index in [4.69, 9.17) is 15.7 Å². The lowest BCUT2D eigenvalue weighted by molar-refractivity contribution is 0.170. The van der Waals surface area contributed by atoms with Crippen LogP contribution in [0.25, 0.3) is 0 Å². The molecule has 2 N–H and O–H groups in total. The fourth-order valence-corrected chi connectivity index (χ4v) is 2.73. The summed E-state index contributed by atoms with van der Waals surface area (Å²) >= 11 is 0. The van der Waals surface area contributed by atoms with Gasteiger partial charge in [0.1, 0.15) is 5.75 Å². The zero-order chi connectivity index (χ0) is 14.5. The third-order valence-corrected chi connectivity index (χ3v) is 3.81. The average Bonchev–Trinajstić information content (AvgIpc) is 3.28. The Morgan fingerprint density at radius 1 is 1.40 bits per heavy atom. The summed E-state index contributed by atoms with van der Waals surface area (Å²) in [5.41, 5.74) is 7.42. The summed E-state index contributed by atoms with van der Waals surface area (Å²) in [4.78, 5) is 2.40. The number of methoxy groups -OCH3 is 1. The highest BCUT2D eigenvalue weighted by atomic mass is 16.5. The molecule has 0 saturated heterocycles. The largest absolute Gasteiger partial charge is 0.497 e. The van der Waals surface area contributed by atoms with Gasteiger partial charge in [0.2, 0.25) is 0 Å². The molecule has 108 valence electrons. The number of hydrogen-bond acceptors (Lipinski definition) is 4. The molecule has 4 nitrogen and oxygen atoms in total. The molecule has 0 bridgehead atoms. The molecule has 1 aliphatic rings. The molecule has 1 aromatic rings. The number of rotatable bonds is 7. The second-order valence-electron chi connectivity index (χ2n) is 5.45. The Morgan fingerprint density at radius 3 is 2.50 bits per heavy atom. The summed E-state index contributed by atoms with van der Waals surface area (Å²) in [5.74, 6) is 0.854. The Labute approximate surface area is 121 Å². The highest BCUT2D eigenvalue weighted by Gasteiger charge is 2.35. The van der Waals surface area contributed by atoms with Crippen molar-refractivity contribution in [1.82, 2.24) is 4.90 Å². The van der Waals surface area contributed by atoms with E-state index in [9.17, 15) is 0 Å². The molecule has 1 aliphatic carbocycles. The number of nitrogens with two attached hydrogens (primary N) is 1. The van der Waals surface area contributed by atoms with Gasteiger partial charge in [0, 0.05) is 31.1 Å². The maximum Gasteiger partial charge on any atom is 0.118 e. The first-order valence-electron chi connectivity index (χ1n) is 7.19. The van der Waals surface area contributed by atoms with Gasteiger partial charge in [-0.15, -0.1) is 0 Å². The SMILES string of the molecule is COc1ccc(C(C(C)N)N(CCC#N)C2CC2)cc1. The van der Waals surface area contributed by atoms with Crippen LogP contribution in [-0.4, -0.2) is 30.6 Å². The van der Waals surface area contributed by atoms with Crippen LogP contribution in [0.3, 0.4) is 0 Å². The van der Waals surface area contributed by atoms with Crippen molar-refractivity contribution in [3.8, 4) is 11.8 Å². The van der Waals surface area contributed by atoms with Crippen molar-refractivity contribution in [3.05, 3.63) is 29.8 Å². The van der Waals surface area contributed by atoms with E-state index in [1.165, 1.54) is 18.4 Å². The van der Waals surface area contributed by atoms with Gasteiger partial charge in [-0.3, -0.25) is 4.90 Å². The second-order valence-corrected chi connectivity index (χ2v) is 5.45. The number of benzene rings is 1. The molecular formula is C16H23N3O. The number of nitriles is 1. The Morgan fingerprint density at radius 2 is 2.05 bits per heavy atom. The van der Waals surface area contributed by atoms with Crippen LogP contribution >= 0.6 is 0 Å². The number of nitrogens with zero attached hydrogens (tertiary/aromatic N) is 2. The van der Waals surface area contributed by atoms with E-state index >= 15 is 0 Å². The van der Waals surface area contributed by atoms with Crippen LogP contribution in [0.2, 0.25) is 0 Å². The zero-order valence-electron chi connectivity index (χ0n) is 12.2. The summed E-state index contributed by atoms with van der Waals surface area (Å²) in [6, 6.07) is 11.1. The third-order valence-electron chi connectivity index (χ3n) is 3.81. The van der Waals surface area contributed by atoms with Gasteiger partial charge < -0.3 is 10.5 Å². The highest BCUT2D eigenvalue weighted by molar-refractivity contribution is 5.30. The van der Waals surface area contributed by atoms with E-state index in [1.54, 1.807) is 7.11 Å². The molecule has 4 heteroatoms. The minimum Gasteiger partial charge on any atom is -0.497 e. The Kier molecular flexibility index (Phi) is 4.99. The monoisotopic (exact) mass is 273 g/mol. The van der Waals surface area contributed by atoms with Crippen molar-refractivity contribution < 1.29 is 4.74 Å². The van der Waals surface area contributed by atoms with Gasteiger partial charge in [-0.1, -0.05) is 12.1 Å². The summed E-state index contributed by atoms with van der Waals surface area (Å²) in [5, 5.41) is 8.85. The molecule has 1 fully saturated rings. The summed E-state index contributed by atoms with van der Waals surface area (Å²) < 4.78 is 5.21. The van der Waals surface area contributed by atoms with Crippen LogP contribution in [0.4, 0.5) is 0 Å². The minimum atomic E-state index is 0.0303. The maximum atomic E-state index is 8.85. The second kappa shape index (κ2) is 6.74. The quantitative estimate of drug-likeness (QED) is 0.829. The molecule has 2 unspecified atom stereocenters. The predicted molar refractivity (Wildman–Crippen MR) is 79.3 cm³/mol. The number of hydrogen-bond donors (Lipinski definition) is 1. The fourth-order valence-electron chi connectivity index (χ4n) is 2.73. The number of ether oxygens (including phenoxy) is 1. The maximum absolute atomic E-state index is 8.85. The van der Waals surface area contributed by atoms with E-state index in [-0.39, 0.29) is 12.1 Å². The van der Waals surface area contributed by atoms with Crippen LogP contribution in [-0.2, 0) is 0 Å². The molecular weight excluding hydrogens is 250 g/mol. The van der Waals surface area contributed by atoms with Crippen molar-refractivity contribution in [2.75, 3.05) is 13.7 Å². The van der Waals surface area contributed by atoms with Crippen LogP contribution in [0.15, 0.2) is 24.3 Å². The van der Waals surface area contributed by atoms with Crippen LogP contribution in [0, 0.1) is 11.3 Å². The first kappa shape index (κ1) is 14.8. The lowest BCUT2D eigenvalue weighted by atomic mass is 9.98. The molecule has 1 aromatic carbocycles. The first-order chi connectivity index (χ1) is 9.67. The molecule has 2 rings (SSSR count). The first-order valence-corrected chi connectivity index (χ1v) is 7.19. The molecule has 0 radical (unpaired) electrons. The lowest BCUT2D eigenvalue weighted by Gasteiger charge is -2.34. The molecule has 0 heterocycles. The van der Waals surface area contributed by atoms with Crippen molar-refractivity contribution in [2.45, 2.75) is 44.3 Å². The Balaban J connectivity index is 2.21. The standard InChI is InChI=1S/C16H23N3O/c1-12(18)16(13-4-8-15(20-2)9-5-13)19(11-3-10-17)14-6-7-14/h4-5,8-9,12,14,16H,3,6-7,11,18H2,1-2H3. The third kappa shape index (κ3) is 3.50. The van der Waals surface area contributed by atoms with Gasteiger partial charge in [0.25, 0.3) is 0 Å². The summed E-state index contributed by atoms with van der Waals surface area (Å²) in [6.45, 7) is 2.83. The Hall–Kier alpha value is -1.57. The smallest absolute Gasteiger partial charge is 0.118 e. The normalized spacial score (nSPS) is 17.6. The van der Waals surface area contributed by atoms with Gasteiger partial charge in [0.15, 0.2) is 0 Å². The van der Waals surface area contributed by atoms with Gasteiger partial charge in [-0.05, 0) is 37.5 Å². The van der Waals surface area contributed by atoms with E-state index in [0.29, 0.717) is 12.5 Å². The molecule has 0 amide bonds. The predicted octanol–water partition coefficient (Wildman–Crippen LogP) is 2.46. The summed E-state index contributed by atoms with van der Waals surface area (Å²) in [6.07, 6.45) is 2.98. The van der Waals surface area contributed by atoms with E-state index in [0.717, 1.165) is 12.3 Å². The highest BCUT2D eigenvalue weighted by Crippen LogP contribution is 2.36. The minimum absolute atomic E-state index is 0.0303. The van der Waals surface area contributed by atoms with Crippen molar-refractivity contribution in [2.24, 2.45) is 5.73 Å². The van der Waals surface area contributed by atoms with Crippen molar-refractivity contribution in [1.29, 1.82) is 5.26 Å².